The van der Waals surface area contributed by atoms with Gasteiger partial charge in [-0.15, -0.1) is 0 Å². The lowest BCUT2D eigenvalue weighted by molar-refractivity contribution is -0.126. The lowest BCUT2D eigenvalue weighted by Crippen LogP contribution is -2.31. The molecule has 0 aromatic heterocycles. The number of para-hydroxylation sites is 1. The minimum atomic E-state index is -0.225. The standard InChI is InChI=1S/C20H22N2O3/c1-22(15-6-4-3-5-7-15)20(24)18-12-17(18)19(23)21-13-14-8-10-16(25-2)11-9-14/h3-11,17-18H,12-13H2,1-2H3,(H,21,23). The summed E-state index contributed by atoms with van der Waals surface area (Å²) in [5, 5.41) is 2.91. The third-order valence-corrected chi connectivity index (χ3v) is 4.54. The first-order valence-corrected chi connectivity index (χ1v) is 8.33. The van der Waals surface area contributed by atoms with E-state index in [0.717, 1.165) is 17.0 Å². The predicted octanol–water partition coefficient (Wildman–Crippen LogP) is 2.61. The fraction of sp³-hybridized carbons (Fsp3) is 0.300. The van der Waals surface area contributed by atoms with Crippen molar-refractivity contribution in [2.45, 2.75) is 13.0 Å². The second-order valence-corrected chi connectivity index (χ2v) is 6.25. The highest BCUT2D eigenvalue weighted by Crippen LogP contribution is 2.40. The van der Waals surface area contributed by atoms with Gasteiger partial charge >= 0.3 is 0 Å². The number of anilines is 1. The Morgan fingerprint density at radius 3 is 2.40 bits per heavy atom. The van der Waals surface area contributed by atoms with Crippen molar-refractivity contribution in [3.63, 3.8) is 0 Å². The zero-order chi connectivity index (χ0) is 17.8. The summed E-state index contributed by atoms with van der Waals surface area (Å²) < 4.78 is 5.11. The fourth-order valence-electron chi connectivity index (χ4n) is 2.85. The molecule has 2 atom stereocenters. The van der Waals surface area contributed by atoms with Crippen molar-refractivity contribution in [1.82, 2.24) is 5.32 Å². The van der Waals surface area contributed by atoms with Gasteiger partial charge in [-0.25, -0.2) is 0 Å². The zero-order valence-electron chi connectivity index (χ0n) is 14.4. The van der Waals surface area contributed by atoms with E-state index in [9.17, 15) is 9.59 Å². The Balaban J connectivity index is 1.50. The molecule has 5 nitrogen and oxygen atoms in total. The number of carbonyl (C=O) groups is 2. The number of ether oxygens (including phenoxy) is 1. The van der Waals surface area contributed by atoms with Gasteiger partial charge in [0, 0.05) is 19.3 Å². The average Bonchev–Trinajstić information content (AvgIpc) is 3.47. The molecule has 2 aromatic carbocycles. The van der Waals surface area contributed by atoms with Crippen molar-refractivity contribution < 1.29 is 14.3 Å². The van der Waals surface area contributed by atoms with Crippen LogP contribution in [0.1, 0.15) is 12.0 Å². The summed E-state index contributed by atoms with van der Waals surface area (Å²) >= 11 is 0. The summed E-state index contributed by atoms with van der Waals surface area (Å²) in [6.45, 7) is 0.453. The Kier molecular flexibility index (Phi) is 5.03. The largest absolute Gasteiger partial charge is 0.497 e. The van der Waals surface area contributed by atoms with Crippen LogP contribution in [-0.4, -0.2) is 26.0 Å². The monoisotopic (exact) mass is 338 g/mol. The van der Waals surface area contributed by atoms with Crippen molar-refractivity contribution in [3.8, 4) is 5.75 Å². The first-order chi connectivity index (χ1) is 12.1. The first-order valence-electron chi connectivity index (χ1n) is 8.33. The van der Waals surface area contributed by atoms with Crippen LogP contribution in [0.5, 0.6) is 5.75 Å². The van der Waals surface area contributed by atoms with Crippen molar-refractivity contribution >= 4 is 17.5 Å². The van der Waals surface area contributed by atoms with E-state index in [1.54, 1.807) is 19.1 Å². The van der Waals surface area contributed by atoms with E-state index >= 15 is 0 Å². The Hall–Kier alpha value is -2.82. The second-order valence-electron chi connectivity index (χ2n) is 6.25. The molecule has 1 saturated carbocycles. The fourth-order valence-corrected chi connectivity index (χ4v) is 2.85. The molecule has 0 radical (unpaired) electrons. The van der Waals surface area contributed by atoms with Crippen LogP contribution in [0.15, 0.2) is 54.6 Å². The van der Waals surface area contributed by atoms with Crippen molar-refractivity contribution in [3.05, 3.63) is 60.2 Å². The number of methoxy groups -OCH3 is 1. The molecule has 2 aromatic rings. The molecular weight excluding hydrogens is 316 g/mol. The van der Waals surface area contributed by atoms with Crippen LogP contribution in [-0.2, 0) is 16.1 Å². The lowest BCUT2D eigenvalue weighted by atomic mass is 10.2. The number of amides is 2. The van der Waals surface area contributed by atoms with Crippen LogP contribution in [0.25, 0.3) is 0 Å². The number of rotatable bonds is 6. The van der Waals surface area contributed by atoms with Gasteiger partial charge in [0.05, 0.1) is 18.9 Å². The number of carbonyl (C=O) groups excluding carboxylic acids is 2. The molecule has 0 spiro atoms. The molecule has 0 bridgehead atoms. The highest BCUT2D eigenvalue weighted by molar-refractivity contribution is 6.00. The topological polar surface area (TPSA) is 58.6 Å². The minimum absolute atomic E-state index is 0.00389. The SMILES string of the molecule is COc1ccc(CNC(=O)C2CC2C(=O)N(C)c2ccccc2)cc1. The van der Waals surface area contributed by atoms with Gasteiger partial charge in [-0.05, 0) is 36.2 Å². The van der Waals surface area contributed by atoms with Gasteiger partial charge in [0.2, 0.25) is 11.8 Å². The van der Waals surface area contributed by atoms with Crippen molar-refractivity contribution in [2.24, 2.45) is 11.8 Å². The van der Waals surface area contributed by atoms with Gasteiger partial charge in [0.1, 0.15) is 5.75 Å². The smallest absolute Gasteiger partial charge is 0.230 e. The summed E-state index contributed by atoms with van der Waals surface area (Å²) in [6.07, 6.45) is 0.616. The molecule has 1 aliphatic rings. The molecule has 1 aliphatic carbocycles. The normalized spacial score (nSPS) is 18.3. The molecule has 1 fully saturated rings. The van der Waals surface area contributed by atoms with Crippen LogP contribution in [0.2, 0.25) is 0 Å². The second kappa shape index (κ2) is 7.38. The van der Waals surface area contributed by atoms with Crippen LogP contribution >= 0.6 is 0 Å². The molecule has 3 rings (SSSR count). The van der Waals surface area contributed by atoms with Gasteiger partial charge in [-0.3, -0.25) is 9.59 Å². The first kappa shape index (κ1) is 17.0. The Morgan fingerprint density at radius 2 is 1.76 bits per heavy atom. The third kappa shape index (κ3) is 3.99. The van der Waals surface area contributed by atoms with E-state index < -0.39 is 0 Å². The summed E-state index contributed by atoms with van der Waals surface area (Å²) in [4.78, 5) is 26.4. The van der Waals surface area contributed by atoms with Gasteiger partial charge in [0.15, 0.2) is 0 Å². The van der Waals surface area contributed by atoms with Crippen LogP contribution in [0, 0.1) is 11.8 Å². The maximum Gasteiger partial charge on any atom is 0.230 e. The van der Waals surface area contributed by atoms with E-state index in [-0.39, 0.29) is 23.7 Å². The lowest BCUT2D eigenvalue weighted by Gasteiger charge is -2.17. The van der Waals surface area contributed by atoms with E-state index in [2.05, 4.69) is 5.32 Å². The van der Waals surface area contributed by atoms with E-state index in [4.69, 9.17) is 4.74 Å². The molecule has 0 aliphatic heterocycles. The molecule has 0 heterocycles. The number of nitrogens with one attached hydrogen (secondary N) is 1. The summed E-state index contributed by atoms with van der Waals surface area (Å²) in [5.74, 6) is 0.274. The molecule has 25 heavy (non-hydrogen) atoms. The van der Waals surface area contributed by atoms with Gasteiger partial charge in [-0.2, -0.15) is 0 Å². The number of nitrogens with zero attached hydrogens (tertiary/aromatic N) is 1. The molecular formula is C20H22N2O3. The van der Waals surface area contributed by atoms with Crippen molar-refractivity contribution in [2.75, 3.05) is 19.1 Å². The summed E-state index contributed by atoms with van der Waals surface area (Å²) in [6, 6.07) is 17.0. The Bertz CT molecular complexity index is 743. The molecule has 0 saturated heterocycles. The average molecular weight is 338 g/mol. The number of hydrogen-bond acceptors (Lipinski definition) is 3. The van der Waals surface area contributed by atoms with Gasteiger partial charge in [0.25, 0.3) is 0 Å². The van der Waals surface area contributed by atoms with Crippen LogP contribution < -0.4 is 15.0 Å². The molecule has 130 valence electrons. The van der Waals surface area contributed by atoms with E-state index in [0.29, 0.717) is 13.0 Å². The third-order valence-electron chi connectivity index (χ3n) is 4.54. The Morgan fingerprint density at radius 1 is 1.08 bits per heavy atom. The number of benzene rings is 2. The quantitative estimate of drug-likeness (QED) is 0.881. The van der Waals surface area contributed by atoms with Crippen LogP contribution in [0.3, 0.4) is 0 Å². The summed E-state index contributed by atoms with van der Waals surface area (Å²) in [5.41, 5.74) is 1.84. The van der Waals surface area contributed by atoms with E-state index in [1.807, 2.05) is 54.6 Å². The predicted molar refractivity (Wildman–Crippen MR) is 96.3 cm³/mol. The van der Waals surface area contributed by atoms with Gasteiger partial charge in [-0.1, -0.05) is 30.3 Å². The highest BCUT2D eigenvalue weighted by Gasteiger charge is 2.49. The van der Waals surface area contributed by atoms with E-state index in [1.165, 1.54) is 0 Å². The molecule has 2 unspecified atom stereocenters. The maximum atomic E-state index is 12.5. The van der Waals surface area contributed by atoms with Crippen LogP contribution in [0.4, 0.5) is 5.69 Å². The minimum Gasteiger partial charge on any atom is -0.497 e. The molecule has 1 N–H and O–H groups in total. The molecule has 5 heteroatoms. The zero-order valence-corrected chi connectivity index (χ0v) is 14.4. The maximum absolute atomic E-state index is 12.5. The summed E-state index contributed by atoms with van der Waals surface area (Å²) in [7, 11) is 3.37. The van der Waals surface area contributed by atoms with Gasteiger partial charge < -0.3 is 15.0 Å². The Labute approximate surface area is 147 Å². The highest BCUT2D eigenvalue weighted by atomic mass is 16.5. The number of hydrogen-bond donors (Lipinski definition) is 1. The molecule has 2 amide bonds. The van der Waals surface area contributed by atoms with Crippen molar-refractivity contribution in [1.29, 1.82) is 0 Å².